The Bertz CT molecular complexity index is 896. The van der Waals surface area contributed by atoms with Gasteiger partial charge in [-0.1, -0.05) is 26.0 Å². The van der Waals surface area contributed by atoms with E-state index in [9.17, 15) is 19.1 Å². The van der Waals surface area contributed by atoms with E-state index in [0.717, 1.165) is 0 Å². The van der Waals surface area contributed by atoms with Crippen molar-refractivity contribution in [1.82, 2.24) is 10.7 Å². The van der Waals surface area contributed by atoms with E-state index >= 15 is 0 Å². The molecule has 0 aromatic heterocycles. The maximum atomic E-state index is 13.8. The molecule has 9 heteroatoms. The minimum Gasteiger partial charge on any atom is -0.506 e. The zero-order chi connectivity index (χ0) is 20.8. The number of benzene rings is 2. The molecule has 0 saturated heterocycles. The lowest BCUT2D eigenvalue weighted by molar-refractivity contribution is -0.123. The van der Waals surface area contributed by atoms with Gasteiger partial charge in [-0.2, -0.15) is 5.10 Å². The molecular weight excluding hydrogens is 497 g/mol. The molecule has 6 nitrogen and oxygen atoms in total. The first kappa shape index (κ1) is 22.0. The molecule has 0 aliphatic heterocycles. The minimum atomic E-state index is -0.900. The van der Waals surface area contributed by atoms with Gasteiger partial charge in [0, 0.05) is 0 Å². The number of halogens is 3. The van der Waals surface area contributed by atoms with Gasteiger partial charge in [0.1, 0.15) is 17.6 Å². The number of hydrazone groups is 1. The van der Waals surface area contributed by atoms with Gasteiger partial charge < -0.3 is 10.4 Å². The summed E-state index contributed by atoms with van der Waals surface area (Å²) in [7, 11) is 0. The lowest BCUT2D eigenvalue weighted by Gasteiger charge is -2.20. The van der Waals surface area contributed by atoms with Gasteiger partial charge in [-0.3, -0.25) is 9.59 Å². The third kappa shape index (κ3) is 5.62. The fourth-order valence-electron chi connectivity index (χ4n) is 2.30. The Hall–Kier alpha value is -2.26. The van der Waals surface area contributed by atoms with Crippen LogP contribution in [-0.2, 0) is 4.79 Å². The van der Waals surface area contributed by atoms with Crippen LogP contribution < -0.4 is 10.7 Å². The number of nitrogens with one attached hydrogen (secondary N) is 2. The summed E-state index contributed by atoms with van der Waals surface area (Å²) in [5, 5.41) is 16.1. The van der Waals surface area contributed by atoms with Gasteiger partial charge in [0.25, 0.3) is 11.8 Å². The van der Waals surface area contributed by atoms with Crippen LogP contribution >= 0.6 is 31.9 Å². The number of nitrogens with zero attached hydrogens (tertiary/aromatic N) is 1. The van der Waals surface area contributed by atoms with Crippen LogP contribution in [0.15, 0.2) is 50.4 Å². The normalized spacial score (nSPS) is 12.2. The van der Waals surface area contributed by atoms with Crippen molar-refractivity contribution in [1.29, 1.82) is 0 Å². The van der Waals surface area contributed by atoms with E-state index in [1.807, 2.05) is 0 Å². The van der Waals surface area contributed by atoms with Crippen LogP contribution in [0.4, 0.5) is 4.39 Å². The van der Waals surface area contributed by atoms with Crippen LogP contribution in [0.3, 0.4) is 0 Å². The largest absolute Gasteiger partial charge is 0.506 e. The highest BCUT2D eigenvalue weighted by Gasteiger charge is 2.25. The zero-order valence-corrected chi connectivity index (χ0v) is 18.2. The SMILES string of the molecule is CC(C)C(NC(=O)c1ccccc1F)C(=O)NN=Cc1cc(Br)c(O)c(Br)c1. The Morgan fingerprint density at radius 3 is 2.36 bits per heavy atom. The Labute approximate surface area is 178 Å². The predicted octanol–water partition coefficient (Wildman–Crippen LogP) is 3.96. The summed E-state index contributed by atoms with van der Waals surface area (Å²) in [6, 6.07) is 7.89. The molecule has 0 aliphatic carbocycles. The standard InChI is InChI=1S/C19H18Br2FN3O3/c1-10(2)16(24-18(27)12-5-3-4-6-15(12)22)19(28)25-23-9-11-7-13(20)17(26)14(21)8-11/h3-10,16,26H,1-2H3,(H,24,27)(H,25,28). The summed E-state index contributed by atoms with van der Waals surface area (Å²) in [4.78, 5) is 24.7. The molecular formula is C19H18Br2FN3O3. The van der Waals surface area contributed by atoms with Crippen LogP contribution in [0.1, 0.15) is 29.8 Å². The monoisotopic (exact) mass is 513 g/mol. The quantitative estimate of drug-likeness (QED) is 0.402. The maximum absolute atomic E-state index is 13.8. The summed E-state index contributed by atoms with van der Waals surface area (Å²) < 4.78 is 14.7. The number of amides is 2. The van der Waals surface area contributed by atoms with Gasteiger partial charge in [-0.05, 0) is 67.6 Å². The Morgan fingerprint density at radius 1 is 1.18 bits per heavy atom. The molecule has 0 bridgehead atoms. The molecule has 2 amide bonds. The Balaban J connectivity index is 2.07. The average Bonchev–Trinajstić information content (AvgIpc) is 2.63. The van der Waals surface area contributed by atoms with Crippen molar-refractivity contribution in [3.63, 3.8) is 0 Å². The number of carbonyl (C=O) groups excluding carboxylic acids is 2. The number of phenolic OH excluding ortho intramolecular Hbond substituents is 1. The third-order valence-corrected chi connectivity index (χ3v) is 4.99. The summed E-state index contributed by atoms with van der Waals surface area (Å²) in [5.41, 5.74) is 2.85. The lowest BCUT2D eigenvalue weighted by Crippen LogP contribution is -2.48. The van der Waals surface area contributed by atoms with Crippen LogP contribution in [0.5, 0.6) is 5.75 Å². The Morgan fingerprint density at radius 2 is 1.79 bits per heavy atom. The smallest absolute Gasteiger partial charge is 0.262 e. The average molecular weight is 515 g/mol. The van der Waals surface area contributed by atoms with Crippen molar-refractivity contribution in [3.8, 4) is 5.75 Å². The Kier molecular flexibility index (Phi) is 7.70. The van der Waals surface area contributed by atoms with Crippen LogP contribution in [0.2, 0.25) is 0 Å². The third-order valence-electron chi connectivity index (χ3n) is 3.78. The molecule has 0 radical (unpaired) electrons. The highest BCUT2D eigenvalue weighted by Crippen LogP contribution is 2.32. The van der Waals surface area contributed by atoms with E-state index in [-0.39, 0.29) is 17.2 Å². The zero-order valence-electron chi connectivity index (χ0n) is 15.0. The number of phenols is 1. The highest BCUT2D eigenvalue weighted by molar-refractivity contribution is 9.11. The lowest BCUT2D eigenvalue weighted by atomic mass is 10.0. The molecule has 0 aliphatic rings. The molecule has 0 fully saturated rings. The molecule has 3 N–H and O–H groups in total. The van der Waals surface area contributed by atoms with Crippen molar-refractivity contribution in [2.45, 2.75) is 19.9 Å². The van der Waals surface area contributed by atoms with Gasteiger partial charge in [0.2, 0.25) is 0 Å². The first-order valence-corrected chi connectivity index (χ1v) is 9.85. The molecule has 0 heterocycles. The van der Waals surface area contributed by atoms with E-state index in [1.54, 1.807) is 32.0 Å². The number of aromatic hydroxyl groups is 1. The maximum Gasteiger partial charge on any atom is 0.262 e. The van der Waals surface area contributed by atoms with Gasteiger partial charge >= 0.3 is 0 Å². The van der Waals surface area contributed by atoms with Crippen LogP contribution in [0.25, 0.3) is 0 Å². The second-order valence-corrected chi connectivity index (χ2v) is 7.95. The number of rotatable bonds is 6. The van der Waals surface area contributed by atoms with E-state index in [2.05, 4.69) is 47.7 Å². The highest BCUT2D eigenvalue weighted by atomic mass is 79.9. The topological polar surface area (TPSA) is 90.8 Å². The molecule has 0 saturated carbocycles. The van der Waals surface area contributed by atoms with Crippen molar-refractivity contribution >= 4 is 49.9 Å². The van der Waals surface area contributed by atoms with Crippen molar-refractivity contribution in [3.05, 3.63) is 62.3 Å². The van der Waals surface area contributed by atoms with Gasteiger partial charge in [0.05, 0.1) is 20.7 Å². The van der Waals surface area contributed by atoms with E-state index in [4.69, 9.17) is 0 Å². The fraction of sp³-hybridized carbons (Fsp3) is 0.211. The van der Waals surface area contributed by atoms with E-state index in [0.29, 0.717) is 14.5 Å². The summed E-state index contributed by atoms with van der Waals surface area (Å²) in [5.74, 6) is -2.07. The molecule has 148 valence electrons. The van der Waals surface area contributed by atoms with Crippen LogP contribution in [-0.4, -0.2) is 29.2 Å². The molecule has 2 aromatic carbocycles. The van der Waals surface area contributed by atoms with Crippen molar-refractivity contribution < 1.29 is 19.1 Å². The molecule has 2 aromatic rings. The van der Waals surface area contributed by atoms with E-state index < -0.39 is 23.7 Å². The summed E-state index contributed by atoms with van der Waals surface area (Å²) >= 11 is 6.42. The molecule has 0 spiro atoms. The first-order valence-electron chi connectivity index (χ1n) is 8.27. The predicted molar refractivity (Wildman–Crippen MR) is 112 cm³/mol. The van der Waals surface area contributed by atoms with Gasteiger partial charge in [0.15, 0.2) is 0 Å². The number of carbonyl (C=O) groups is 2. The number of hydrogen-bond acceptors (Lipinski definition) is 4. The summed E-state index contributed by atoms with van der Waals surface area (Å²) in [6.07, 6.45) is 1.39. The van der Waals surface area contributed by atoms with Gasteiger partial charge in [-0.25, -0.2) is 9.82 Å². The number of hydrogen-bond donors (Lipinski definition) is 3. The molecule has 1 unspecified atom stereocenters. The second-order valence-electron chi connectivity index (χ2n) is 6.24. The minimum absolute atomic E-state index is 0.0527. The first-order chi connectivity index (χ1) is 13.2. The van der Waals surface area contributed by atoms with Crippen molar-refractivity contribution in [2.24, 2.45) is 11.0 Å². The van der Waals surface area contributed by atoms with E-state index in [1.165, 1.54) is 24.4 Å². The van der Waals surface area contributed by atoms with Gasteiger partial charge in [-0.15, -0.1) is 0 Å². The molecule has 28 heavy (non-hydrogen) atoms. The van der Waals surface area contributed by atoms with Crippen molar-refractivity contribution in [2.75, 3.05) is 0 Å². The molecule has 2 rings (SSSR count). The summed E-state index contributed by atoms with van der Waals surface area (Å²) in [6.45, 7) is 3.51. The fourth-order valence-corrected chi connectivity index (χ4v) is 3.52. The molecule has 1 atom stereocenters. The second kappa shape index (κ2) is 9.79. The van der Waals surface area contributed by atoms with Crippen LogP contribution in [0, 0.1) is 11.7 Å².